The van der Waals surface area contributed by atoms with Gasteiger partial charge in [-0.3, -0.25) is 8.37 Å². The normalized spacial score (nSPS) is 11.9. The monoisotopic (exact) mass is 960 g/mol. The maximum absolute atomic E-state index is 12.8. The van der Waals surface area contributed by atoms with E-state index >= 15 is 0 Å². The molecule has 5 aromatic carbocycles. The van der Waals surface area contributed by atoms with Crippen LogP contribution in [0, 0.1) is 0 Å². The summed E-state index contributed by atoms with van der Waals surface area (Å²) in [5, 5.41) is 60.0. The molecule has 0 heterocycles. The molecule has 0 saturated carbocycles. The average Bonchev–Trinajstić information content (AvgIpc) is 3.23. The second kappa shape index (κ2) is 24.4. The molecular formula is C34H37CuN6O15S4. The third-order valence-corrected chi connectivity index (χ3v) is 11.1. The van der Waals surface area contributed by atoms with Crippen molar-refractivity contribution in [3.63, 3.8) is 0 Å². The number of nitrogens with one attached hydrogen (secondary N) is 2. The van der Waals surface area contributed by atoms with Gasteiger partial charge in [0.25, 0.3) is 20.2 Å². The Morgan fingerprint density at radius 2 is 1.37 bits per heavy atom. The predicted molar refractivity (Wildman–Crippen MR) is 216 cm³/mol. The standard InChI is InChI=1S/C32H31N5O14S4.C2H6NO.Cu/c1-44-48-50-52-24-13-19-6-8-22(16-25(19)30(18-24)55(42,43)47-4)34-35-23-9-10-28(38)27(17-23)36-37-31-29(53-51-49-45-2)14-20-5-7-21(15-26(20)32(31)39)33-11-12-54(40,41)46-3;3-1-2-4;/h5-10,13-18,33,38-39H,11-12H2,1-4H3;3-4H,1-2H2;/q;-1;+1. The molecule has 0 unspecified atom stereocenters. The van der Waals surface area contributed by atoms with Crippen LogP contribution in [0.3, 0.4) is 0 Å². The molecule has 21 nitrogen and oxygen atoms in total. The number of rotatable bonds is 20. The first-order valence-corrected chi connectivity index (χ1v) is 21.0. The molecule has 328 valence electrons. The van der Waals surface area contributed by atoms with Crippen molar-refractivity contribution in [2.24, 2.45) is 20.5 Å². The minimum Gasteiger partial charge on any atom is -0.676 e. The van der Waals surface area contributed by atoms with E-state index in [4.69, 9.17) is 23.7 Å². The number of phenolic OH excluding ortho intramolecular Hbond substituents is 2. The molecule has 0 aromatic heterocycles. The Hall–Kier alpha value is -4.06. The van der Waals surface area contributed by atoms with Crippen LogP contribution in [-0.4, -0.2) is 86.0 Å². The number of nitrogens with zero attached hydrogens (tertiary/aromatic N) is 4. The molecule has 26 heteroatoms. The van der Waals surface area contributed by atoms with Crippen molar-refractivity contribution in [1.82, 2.24) is 0 Å². The molecular weight excluding hydrogens is 924 g/mol. The van der Waals surface area contributed by atoms with Crippen LogP contribution >= 0.6 is 24.1 Å². The second-order valence-electron chi connectivity index (χ2n) is 11.1. The molecule has 0 radical (unpaired) electrons. The molecule has 0 fully saturated rings. The van der Waals surface area contributed by atoms with E-state index in [0.717, 1.165) is 26.3 Å². The summed E-state index contributed by atoms with van der Waals surface area (Å²) in [6.07, 6.45) is 0. The number of aromatic hydroxyl groups is 2. The Balaban J connectivity index is 0.00000184. The van der Waals surface area contributed by atoms with E-state index in [0.29, 0.717) is 44.2 Å². The van der Waals surface area contributed by atoms with Gasteiger partial charge in [0.15, 0.2) is 5.75 Å². The third-order valence-electron chi connectivity index (χ3n) is 7.41. The molecule has 0 saturated heterocycles. The zero-order chi connectivity index (χ0) is 43.0. The second-order valence-corrected chi connectivity index (χ2v) is 16.2. The van der Waals surface area contributed by atoms with Gasteiger partial charge in [0.2, 0.25) is 0 Å². The summed E-state index contributed by atoms with van der Waals surface area (Å²) in [5.74, 6) is -0.880. The molecule has 5 rings (SSSR count). The largest absolute Gasteiger partial charge is 1.00 e. The Bertz CT molecular complexity index is 2500. The SMILES string of the molecule is COOOSc1cc(S(=O)(=O)OC)c2cc(N=Nc3ccc(O)c(N=Nc4c(SOOOC)cc5ccc(NCCS(=O)(=O)OC)cc5c4O)c3)ccc2c1.[Cu+].[NH-]CCO. The van der Waals surface area contributed by atoms with Crippen molar-refractivity contribution in [1.29, 1.82) is 0 Å². The molecule has 0 aliphatic heterocycles. The fraction of sp³-hybridized carbons (Fsp3) is 0.235. The van der Waals surface area contributed by atoms with E-state index in [2.05, 4.69) is 49.8 Å². The van der Waals surface area contributed by atoms with Gasteiger partial charge in [-0.2, -0.15) is 27.1 Å². The third kappa shape index (κ3) is 14.3. The van der Waals surface area contributed by atoms with Crippen LogP contribution in [0.5, 0.6) is 11.5 Å². The van der Waals surface area contributed by atoms with Gasteiger partial charge in [-0.15, -0.1) is 25.4 Å². The van der Waals surface area contributed by atoms with Gasteiger partial charge in [-0.05, 0) is 71.4 Å². The van der Waals surface area contributed by atoms with E-state index in [9.17, 15) is 27.0 Å². The van der Waals surface area contributed by atoms with Crippen LogP contribution < -0.4 is 5.32 Å². The molecule has 0 aliphatic rings. The fourth-order valence-corrected chi connectivity index (χ4v) is 7.28. The summed E-state index contributed by atoms with van der Waals surface area (Å²) in [5.41, 5.74) is 7.10. The molecule has 60 heavy (non-hydrogen) atoms. The summed E-state index contributed by atoms with van der Waals surface area (Å²) < 4.78 is 68.0. The minimum atomic E-state index is -4.17. The molecule has 0 aliphatic carbocycles. The van der Waals surface area contributed by atoms with Crippen LogP contribution in [0.4, 0.5) is 28.4 Å². The predicted octanol–water partition coefficient (Wildman–Crippen LogP) is 8.02. The topological polar surface area (TPSA) is 288 Å². The Kier molecular flexibility index (Phi) is 20.5. The molecule has 0 spiro atoms. The Morgan fingerprint density at radius 3 is 2.02 bits per heavy atom. The van der Waals surface area contributed by atoms with Gasteiger partial charge < -0.3 is 26.4 Å². The zero-order valence-electron chi connectivity index (χ0n) is 31.7. The number of anilines is 1. The van der Waals surface area contributed by atoms with Crippen LogP contribution in [-0.2, 0) is 74.2 Å². The van der Waals surface area contributed by atoms with E-state index in [1.165, 1.54) is 44.6 Å². The van der Waals surface area contributed by atoms with Crippen molar-refractivity contribution in [3.05, 3.63) is 78.5 Å². The first-order chi connectivity index (χ1) is 28.3. The number of hydrogen-bond donors (Lipinski definition) is 4. The summed E-state index contributed by atoms with van der Waals surface area (Å²) in [4.78, 5) is 9.33. The Labute approximate surface area is 363 Å². The van der Waals surface area contributed by atoms with Crippen molar-refractivity contribution in [2.75, 3.05) is 59.2 Å². The fourth-order valence-electron chi connectivity index (χ4n) is 4.74. The van der Waals surface area contributed by atoms with E-state index in [1.54, 1.807) is 42.5 Å². The summed E-state index contributed by atoms with van der Waals surface area (Å²) in [7, 11) is -3.27. The molecule has 0 amide bonds. The smallest absolute Gasteiger partial charge is 0.676 e. The number of aliphatic hydroxyl groups is 1. The molecule has 0 bridgehead atoms. The number of azo groups is 2. The van der Waals surface area contributed by atoms with Gasteiger partial charge in [-0.25, -0.2) is 9.78 Å². The summed E-state index contributed by atoms with van der Waals surface area (Å²) in [6.45, 7) is 0.150. The maximum Gasteiger partial charge on any atom is 1.00 e. The van der Waals surface area contributed by atoms with Crippen molar-refractivity contribution in [2.45, 2.75) is 14.7 Å². The maximum atomic E-state index is 12.8. The summed E-state index contributed by atoms with van der Waals surface area (Å²) in [6, 6.07) is 18.5. The van der Waals surface area contributed by atoms with E-state index in [1.807, 2.05) is 0 Å². The number of aliphatic hydroxyl groups excluding tert-OH is 1. The molecule has 5 aromatic rings. The van der Waals surface area contributed by atoms with Crippen molar-refractivity contribution >= 4 is 94.3 Å². The van der Waals surface area contributed by atoms with Gasteiger partial charge >= 0.3 is 17.1 Å². The van der Waals surface area contributed by atoms with Crippen LogP contribution in [0.1, 0.15) is 0 Å². The van der Waals surface area contributed by atoms with E-state index < -0.39 is 20.2 Å². The average molecular weight is 962 g/mol. The number of phenols is 2. The van der Waals surface area contributed by atoms with Gasteiger partial charge in [0.05, 0.1) is 74.5 Å². The quantitative estimate of drug-likeness (QED) is 0.0109. The van der Waals surface area contributed by atoms with E-state index in [-0.39, 0.29) is 86.6 Å². The van der Waals surface area contributed by atoms with Crippen molar-refractivity contribution in [3.8, 4) is 11.5 Å². The summed E-state index contributed by atoms with van der Waals surface area (Å²) >= 11 is 1.39. The molecule has 0 atom stereocenters. The number of benzene rings is 5. The van der Waals surface area contributed by atoms with Crippen LogP contribution in [0.25, 0.3) is 27.3 Å². The minimum absolute atomic E-state index is 0. The Morgan fingerprint density at radius 1 is 0.733 bits per heavy atom. The molecule has 5 N–H and O–H groups in total. The number of hydrogen-bond acceptors (Lipinski definition) is 22. The zero-order valence-corrected chi connectivity index (χ0v) is 35.9. The van der Waals surface area contributed by atoms with Crippen LogP contribution in [0.2, 0.25) is 0 Å². The van der Waals surface area contributed by atoms with Crippen LogP contribution in [0.15, 0.2) is 108 Å². The van der Waals surface area contributed by atoms with Gasteiger partial charge in [0, 0.05) is 34.5 Å². The first kappa shape index (κ1) is 50.3. The number of fused-ring (bicyclic) bond motifs is 2. The van der Waals surface area contributed by atoms with Crippen molar-refractivity contribution < 1.29 is 86.1 Å². The van der Waals surface area contributed by atoms with Gasteiger partial charge in [-0.1, -0.05) is 22.2 Å². The first-order valence-electron chi connectivity index (χ1n) is 16.5. The van der Waals surface area contributed by atoms with Gasteiger partial charge in [0.1, 0.15) is 22.0 Å².